The van der Waals surface area contributed by atoms with Crippen molar-refractivity contribution >= 4 is 28.7 Å². The molecule has 0 unspecified atom stereocenters. The van der Waals surface area contributed by atoms with E-state index < -0.39 is 11.9 Å². The van der Waals surface area contributed by atoms with E-state index in [1.165, 1.54) is 0 Å². The molecule has 1 aromatic heterocycles. The van der Waals surface area contributed by atoms with Gasteiger partial charge in [0, 0.05) is 23.6 Å². The van der Waals surface area contributed by atoms with Gasteiger partial charge >= 0.3 is 5.97 Å². The van der Waals surface area contributed by atoms with Gasteiger partial charge in [-0.3, -0.25) is 14.4 Å². The number of benzene rings is 3. The number of esters is 1. The molecule has 0 aliphatic carbocycles. The summed E-state index contributed by atoms with van der Waals surface area (Å²) in [6.45, 7) is 4.65. The average Bonchev–Trinajstić information content (AvgIpc) is 3.24. The molecular formula is C32H27NO6. The van der Waals surface area contributed by atoms with Crippen LogP contribution in [0, 0.1) is 5.92 Å². The first kappa shape index (κ1) is 24.7. The Hall–Kier alpha value is -4.65. The standard InChI is InChI=1S/C32H27NO6/c1-18(2)17-33-25-7-5-4-6-20(25)15-24(32(33)36)23-16-28(34)38-26-13-12-22-30(35)27(39-31(22)29(23)26)14-19-8-10-21(37-3)11-9-19/h4-15,18,23H,16-17H2,1-3H3/b27-14+/t23-/m0/s1. The number of Topliss-reactive ketones (excluding diaryl/α,β-unsaturated/α-hetero) is 1. The molecule has 4 aromatic rings. The van der Waals surface area contributed by atoms with Crippen LogP contribution in [0.25, 0.3) is 17.0 Å². The third-order valence-electron chi connectivity index (χ3n) is 7.15. The zero-order chi connectivity index (χ0) is 27.3. The van der Waals surface area contributed by atoms with Crippen LogP contribution in [0.3, 0.4) is 0 Å². The Morgan fingerprint density at radius 1 is 1.00 bits per heavy atom. The van der Waals surface area contributed by atoms with Gasteiger partial charge in [0.25, 0.3) is 5.56 Å². The van der Waals surface area contributed by atoms with Crippen LogP contribution in [-0.4, -0.2) is 23.4 Å². The number of rotatable bonds is 5. The number of methoxy groups -OCH3 is 1. The number of ether oxygens (including phenoxy) is 3. The van der Waals surface area contributed by atoms with Gasteiger partial charge in [0.15, 0.2) is 5.76 Å². The molecule has 0 bridgehead atoms. The van der Waals surface area contributed by atoms with Gasteiger partial charge in [-0.25, -0.2) is 0 Å². The number of hydrogen-bond acceptors (Lipinski definition) is 6. The molecule has 0 N–H and O–H groups in total. The summed E-state index contributed by atoms with van der Waals surface area (Å²) in [4.78, 5) is 40.0. The number of pyridine rings is 1. The molecule has 0 spiro atoms. The van der Waals surface area contributed by atoms with Crippen LogP contribution in [0.1, 0.15) is 53.2 Å². The lowest BCUT2D eigenvalue weighted by molar-refractivity contribution is -0.135. The number of carbonyl (C=O) groups excluding carboxylic acids is 2. The topological polar surface area (TPSA) is 83.8 Å². The number of carbonyl (C=O) groups is 2. The second-order valence-corrected chi connectivity index (χ2v) is 10.3. The molecule has 7 nitrogen and oxygen atoms in total. The molecule has 0 radical (unpaired) electrons. The largest absolute Gasteiger partial charge is 0.497 e. The van der Waals surface area contributed by atoms with Crippen molar-refractivity contribution in [2.24, 2.45) is 5.92 Å². The van der Waals surface area contributed by atoms with Crippen molar-refractivity contribution in [3.63, 3.8) is 0 Å². The fourth-order valence-electron chi connectivity index (χ4n) is 5.37. The first-order valence-electron chi connectivity index (χ1n) is 12.9. The van der Waals surface area contributed by atoms with Crippen LogP contribution in [0.4, 0.5) is 0 Å². The number of hydrogen-bond donors (Lipinski definition) is 0. The summed E-state index contributed by atoms with van der Waals surface area (Å²) >= 11 is 0. The molecule has 2 aliphatic rings. The molecule has 3 aromatic carbocycles. The highest BCUT2D eigenvalue weighted by molar-refractivity contribution is 6.15. The molecule has 3 heterocycles. The molecule has 196 valence electrons. The monoisotopic (exact) mass is 521 g/mol. The quantitative estimate of drug-likeness (QED) is 0.190. The predicted octanol–water partition coefficient (Wildman–Crippen LogP) is 5.72. The van der Waals surface area contributed by atoms with Gasteiger partial charge in [-0.15, -0.1) is 0 Å². The number of para-hydroxylation sites is 1. The lowest BCUT2D eigenvalue weighted by Gasteiger charge is -2.27. The van der Waals surface area contributed by atoms with Gasteiger partial charge in [-0.2, -0.15) is 0 Å². The number of allylic oxidation sites excluding steroid dienone is 1. The van der Waals surface area contributed by atoms with E-state index in [9.17, 15) is 14.4 Å². The fraction of sp³-hybridized carbons (Fsp3) is 0.219. The Balaban J connectivity index is 1.50. The molecule has 6 rings (SSSR count). The molecule has 0 fully saturated rings. The van der Waals surface area contributed by atoms with Gasteiger partial charge in [0.2, 0.25) is 5.78 Å². The number of aromatic nitrogens is 1. The SMILES string of the molecule is COc1ccc(/C=C2/Oc3c(ccc4c3[C@H](c3cc5ccccc5n(CC(C)C)c3=O)CC(=O)O4)C2=O)cc1. The van der Waals surface area contributed by atoms with Crippen LogP contribution < -0.4 is 19.8 Å². The van der Waals surface area contributed by atoms with Crippen LogP contribution in [0.5, 0.6) is 17.2 Å². The Bertz CT molecular complexity index is 1730. The first-order valence-corrected chi connectivity index (χ1v) is 12.9. The van der Waals surface area contributed by atoms with E-state index in [0.29, 0.717) is 40.5 Å². The van der Waals surface area contributed by atoms with Crippen molar-refractivity contribution in [3.05, 3.63) is 105 Å². The van der Waals surface area contributed by atoms with Crippen molar-refractivity contribution in [2.75, 3.05) is 7.11 Å². The van der Waals surface area contributed by atoms with Gasteiger partial charge in [0.1, 0.15) is 17.2 Å². The number of nitrogens with zero attached hydrogens (tertiary/aromatic N) is 1. The van der Waals surface area contributed by atoms with Crippen LogP contribution in [0.15, 0.2) is 77.3 Å². The number of ketones is 1. The molecule has 0 saturated heterocycles. The van der Waals surface area contributed by atoms with Crippen molar-refractivity contribution < 1.29 is 23.8 Å². The van der Waals surface area contributed by atoms with Crippen LogP contribution in [0.2, 0.25) is 0 Å². The minimum atomic E-state index is -0.625. The summed E-state index contributed by atoms with van der Waals surface area (Å²) in [5.74, 6) is 0.407. The van der Waals surface area contributed by atoms with E-state index in [0.717, 1.165) is 16.5 Å². The zero-order valence-electron chi connectivity index (χ0n) is 21.9. The summed E-state index contributed by atoms with van der Waals surface area (Å²) in [6, 6.07) is 20.1. The van der Waals surface area contributed by atoms with E-state index in [-0.39, 0.29) is 29.4 Å². The minimum Gasteiger partial charge on any atom is -0.497 e. The van der Waals surface area contributed by atoms with Crippen molar-refractivity contribution in [1.29, 1.82) is 0 Å². The first-order chi connectivity index (χ1) is 18.8. The van der Waals surface area contributed by atoms with E-state index in [2.05, 4.69) is 13.8 Å². The van der Waals surface area contributed by atoms with Gasteiger partial charge in [0.05, 0.1) is 24.6 Å². The highest BCUT2D eigenvalue weighted by Crippen LogP contribution is 2.48. The predicted molar refractivity (Wildman–Crippen MR) is 148 cm³/mol. The second kappa shape index (κ2) is 9.58. The van der Waals surface area contributed by atoms with Crippen molar-refractivity contribution in [2.45, 2.75) is 32.7 Å². The Kier molecular flexibility index (Phi) is 6.06. The molecule has 0 saturated carbocycles. The zero-order valence-corrected chi connectivity index (χ0v) is 21.9. The molecule has 2 aliphatic heterocycles. The Morgan fingerprint density at radius 2 is 1.77 bits per heavy atom. The maximum absolute atomic E-state index is 13.9. The third-order valence-corrected chi connectivity index (χ3v) is 7.15. The van der Waals surface area contributed by atoms with Gasteiger partial charge in [-0.1, -0.05) is 44.2 Å². The lowest BCUT2D eigenvalue weighted by Crippen LogP contribution is -2.31. The average molecular weight is 522 g/mol. The van der Waals surface area contributed by atoms with Crippen LogP contribution >= 0.6 is 0 Å². The van der Waals surface area contributed by atoms with E-state index in [1.54, 1.807) is 42.0 Å². The van der Waals surface area contributed by atoms with E-state index >= 15 is 0 Å². The van der Waals surface area contributed by atoms with E-state index in [4.69, 9.17) is 14.2 Å². The summed E-state index contributed by atoms with van der Waals surface area (Å²) in [5, 5.41) is 0.901. The van der Waals surface area contributed by atoms with Gasteiger partial charge in [-0.05, 0) is 59.3 Å². The normalized spacial score (nSPS) is 17.2. The molecule has 0 amide bonds. The molecular weight excluding hydrogens is 494 g/mol. The van der Waals surface area contributed by atoms with E-state index in [1.807, 2.05) is 42.5 Å². The molecule has 39 heavy (non-hydrogen) atoms. The number of fused-ring (bicyclic) bond motifs is 4. The summed E-state index contributed by atoms with van der Waals surface area (Å²) < 4.78 is 18.7. The second-order valence-electron chi connectivity index (χ2n) is 10.3. The maximum atomic E-state index is 13.9. The summed E-state index contributed by atoms with van der Waals surface area (Å²) in [7, 11) is 1.59. The summed E-state index contributed by atoms with van der Waals surface area (Å²) in [6.07, 6.45) is 1.64. The highest BCUT2D eigenvalue weighted by Gasteiger charge is 2.39. The smallest absolute Gasteiger partial charge is 0.312 e. The Labute approximate surface area is 225 Å². The molecule has 7 heteroatoms. The van der Waals surface area contributed by atoms with Gasteiger partial charge < -0.3 is 18.8 Å². The minimum absolute atomic E-state index is 0.0339. The fourth-order valence-corrected chi connectivity index (χ4v) is 5.37. The van der Waals surface area contributed by atoms with Crippen molar-refractivity contribution in [1.82, 2.24) is 4.57 Å². The third kappa shape index (κ3) is 4.30. The maximum Gasteiger partial charge on any atom is 0.312 e. The van der Waals surface area contributed by atoms with Crippen LogP contribution in [-0.2, 0) is 11.3 Å². The highest BCUT2D eigenvalue weighted by atomic mass is 16.5. The Morgan fingerprint density at radius 3 is 2.51 bits per heavy atom. The lowest BCUT2D eigenvalue weighted by atomic mass is 9.84. The summed E-state index contributed by atoms with van der Waals surface area (Å²) in [5.41, 5.74) is 2.85. The molecule has 1 atom stereocenters. The van der Waals surface area contributed by atoms with Crippen molar-refractivity contribution in [3.8, 4) is 17.2 Å².